The highest BCUT2D eigenvalue weighted by Crippen LogP contribution is 2.15. The largest absolute Gasteiger partial charge is 0.342 e. The number of anilines is 1. The van der Waals surface area contributed by atoms with E-state index in [0.29, 0.717) is 11.7 Å². The van der Waals surface area contributed by atoms with Crippen molar-refractivity contribution in [1.29, 1.82) is 0 Å². The number of nitrogens with zero attached hydrogens (tertiary/aromatic N) is 2. The Kier molecular flexibility index (Phi) is 6.33. The molecule has 6 heteroatoms. The second kappa shape index (κ2) is 9.09. The molecule has 0 aliphatic heterocycles. The summed E-state index contributed by atoms with van der Waals surface area (Å²) in [6, 6.07) is 18.4. The molecule has 0 amide bonds. The number of halogens is 1. The van der Waals surface area contributed by atoms with Gasteiger partial charge in [0.25, 0.3) is 0 Å². The smallest absolute Gasteiger partial charge is 0.191 e. The van der Waals surface area contributed by atoms with Crippen LogP contribution >= 0.6 is 12.2 Å². The molecule has 0 fully saturated rings. The molecular weight excluding hydrogens is 359 g/mol. The summed E-state index contributed by atoms with van der Waals surface area (Å²) in [5.74, 6) is -0.233. The van der Waals surface area contributed by atoms with Crippen LogP contribution in [0.3, 0.4) is 0 Å². The van der Waals surface area contributed by atoms with Crippen LogP contribution in [0.4, 0.5) is 10.1 Å². The van der Waals surface area contributed by atoms with Gasteiger partial charge in [-0.05, 0) is 60.1 Å². The molecule has 0 aliphatic carbocycles. The van der Waals surface area contributed by atoms with Crippen molar-refractivity contribution in [2.45, 2.75) is 19.9 Å². The summed E-state index contributed by atoms with van der Waals surface area (Å²) in [4.78, 5) is 0. The zero-order valence-corrected chi connectivity index (χ0v) is 15.8. The van der Waals surface area contributed by atoms with Crippen molar-refractivity contribution in [2.75, 3.05) is 5.32 Å². The number of benzene rings is 2. The predicted octanol–water partition coefficient (Wildman–Crippen LogP) is 4.56. The summed E-state index contributed by atoms with van der Waals surface area (Å²) in [5.41, 5.74) is 6.96. The summed E-state index contributed by atoms with van der Waals surface area (Å²) in [6.07, 6.45) is 4.59. The van der Waals surface area contributed by atoms with E-state index < -0.39 is 0 Å². The summed E-state index contributed by atoms with van der Waals surface area (Å²) in [5, 5.41) is 7.82. The van der Waals surface area contributed by atoms with Gasteiger partial charge in [0, 0.05) is 18.4 Å². The van der Waals surface area contributed by atoms with Crippen LogP contribution in [0.15, 0.2) is 72.0 Å². The zero-order chi connectivity index (χ0) is 19.1. The monoisotopic (exact) mass is 380 g/mol. The minimum atomic E-state index is -0.233. The van der Waals surface area contributed by atoms with Gasteiger partial charge in [-0.2, -0.15) is 5.10 Å². The quantitative estimate of drug-likeness (QED) is 0.374. The van der Waals surface area contributed by atoms with E-state index in [1.807, 2.05) is 41.1 Å². The van der Waals surface area contributed by atoms with Gasteiger partial charge in [0.1, 0.15) is 5.82 Å². The van der Waals surface area contributed by atoms with Crippen LogP contribution in [0.5, 0.6) is 0 Å². The van der Waals surface area contributed by atoms with Crippen LogP contribution in [0, 0.1) is 5.82 Å². The molecule has 0 aliphatic rings. The van der Waals surface area contributed by atoms with Gasteiger partial charge in [-0.15, -0.1) is 0 Å². The Hall–Kier alpha value is -2.99. The number of rotatable bonds is 6. The van der Waals surface area contributed by atoms with E-state index in [1.165, 1.54) is 17.7 Å². The summed E-state index contributed by atoms with van der Waals surface area (Å²) in [6.45, 7) is 2.74. The molecule has 27 heavy (non-hydrogen) atoms. The molecule has 0 radical (unpaired) electrons. The van der Waals surface area contributed by atoms with Crippen molar-refractivity contribution in [3.8, 4) is 0 Å². The van der Waals surface area contributed by atoms with E-state index in [2.05, 4.69) is 28.8 Å². The van der Waals surface area contributed by atoms with Crippen molar-refractivity contribution in [2.24, 2.45) is 5.10 Å². The fourth-order valence-electron chi connectivity index (χ4n) is 2.73. The molecule has 1 aromatic heterocycles. The SMILES string of the molecule is CCc1ccccc1NC(=S)NN=Cc1cccn1Cc1ccc(F)cc1. The first kappa shape index (κ1) is 18.8. The molecule has 1 heterocycles. The molecule has 2 N–H and O–H groups in total. The molecule has 0 spiro atoms. The van der Waals surface area contributed by atoms with Gasteiger partial charge in [-0.25, -0.2) is 4.39 Å². The van der Waals surface area contributed by atoms with E-state index in [-0.39, 0.29) is 5.82 Å². The Bertz CT molecular complexity index is 931. The van der Waals surface area contributed by atoms with Crippen LogP contribution in [0.2, 0.25) is 0 Å². The summed E-state index contributed by atoms with van der Waals surface area (Å²) >= 11 is 5.31. The molecule has 3 aromatic rings. The second-order valence-electron chi connectivity index (χ2n) is 6.02. The number of para-hydroxylation sites is 1. The van der Waals surface area contributed by atoms with Crippen LogP contribution in [0.25, 0.3) is 0 Å². The molecule has 138 valence electrons. The first-order valence-corrected chi connectivity index (χ1v) is 9.14. The van der Waals surface area contributed by atoms with Crippen LogP contribution < -0.4 is 10.7 Å². The first-order valence-electron chi connectivity index (χ1n) is 8.73. The summed E-state index contributed by atoms with van der Waals surface area (Å²) < 4.78 is 15.1. The molecule has 2 aromatic carbocycles. The van der Waals surface area contributed by atoms with Crippen molar-refractivity contribution in [3.63, 3.8) is 0 Å². The fourth-order valence-corrected chi connectivity index (χ4v) is 2.90. The van der Waals surface area contributed by atoms with Gasteiger partial charge in [0.15, 0.2) is 5.11 Å². The predicted molar refractivity (Wildman–Crippen MR) is 113 cm³/mol. The Labute approximate surface area is 163 Å². The minimum Gasteiger partial charge on any atom is -0.342 e. The van der Waals surface area contributed by atoms with E-state index in [1.54, 1.807) is 18.3 Å². The minimum absolute atomic E-state index is 0.233. The Morgan fingerprint density at radius 2 is 1.89 bits per heavy atom. The Morgan fingerprint density at radius 1 is 1.11 bits per heavy atom. The lowest BCUT2D eigenvalue weighted by atomic mass is 10.1. The average molecular weight is 380 g/mol. The maximum atomic E-state index is 13.0. The van der Waals surface area contributed by atoms with E-state index in [0.717, 1.165) is 23.4 Å². The van der Waals surface area contributed by atoms with Crippen LogP contribution in [0.1, 0.15) is 23.7 Å². The highest BCUT2D eigenvalue weighted by molar-refractivity contribution is 7.80. The first-order chi connectivity index (χ1) is 13.2. The number of hydrazone groups is 1. The highest BCUT2D eigenvalue weighted by Gasteiger charge is 2.02. The number of thiocarbonyl (C=S) groups is 1. The molecule has 0 atom stereocenters. The van der Waals surface area contributed by atoms with Gasteiger partial charge in [-0.3, -0.25) is 5.43 Å². The molecule has 0 saturated carbocycles. The number of hydrogen-bond donors (Lipinski definition) is 2. The maximum absolute atomic E-state index is 13.0. The van der Waals surface area contributed by atoms with Crippen molar-refractivity contribution < 1.29 is 4.39 Å². The topological polar surface area (TPSA) is 41.4 Å². The lowest BCUT2D eigenvalue weighted by Crippen LogP contribution is -2.24. The van der Waals surface area contributed by atoms with Crippen molar-refractivity contribution in [3.05, 3.63) is 89.5 Å². The maximum Gasteiger partial charge on any atom is 0.191 e. The Balaban J connectivity index is 1.59. The standard InChI is InChI=1S/C21H21FN4S/c1-2-17-6-3-4-8-20(17)24-21(27)25-23-14-19-7-5-13-26(19)15-16-9-11-18(22)12-10-16/h3-14H,2,15H2,1H3,(H2,24,25,27). The van der Waals surface area contributed by atoms with Gasteiger partial charge in [0.05, 0.1) is 11.9 Å². The van der Waals surface area contributed by atoms with Gasteiger partial charge >= 0.3 is 0 Å². The van der Waals surface area contributed by atoms with Crippen molar-refractivity contribution >= 4 is 29.2 Å². The molecular formula is C21H21FN4S. The highest BCUT2D eigenvalue weighted by atomic mass is 32.1. The average Bonchev–Trinajstić information content (AvgIpc) is 3.11. The van der Waals surface area contributed by atoms with E-state index in [4.69, 9.17) is 12.2 Å². The number of hydrogen-bond acceptors (Lipinski definition) is 2. The Morgan fingerprint density at radius 3 is 2.67 bits per heavy atom. The van der Waals surface area contributed by atoms with E-state index in [9.17, 15) is 4.39 Å². The van der Waals surface area contributed by atoms with Crippen LogP contribution in [-0.4, -0.2) is 15.9 Å². The molecule has 0 unspecified atom stereocenters. The van der Waals surface area contributed by atoms with Gasteiger partial charge in [-0.1, -0.05) is 37.3 Å². The molecule has 3 rings (SSSR count). The van der Waals surface area contributed by atoms with Crippen LogP contribution in [-0.2, 0) is 13.0 Å². The number of nitrogens with one attached hydrogen (secondary N) is 2. The lowest BCUT2D eigenvalue weighted by Gasteiger charge is -2.11. The molecule has 4 nitrogen and oxygen atoms in total. The third-order valence-electron chi connectivity index (χ3n) is 4.14. The lowest BCUT2D eigenvalue weighted by molar-refractivity contribution is 0.626. The van der Waals surface area contributed by atoms with Gasteiger partial charge < -0.3 is 9.88 Å². The number of aryl methyl sites for hydroxylation is 1. The fraction of sp³-hybridized carbons (Fsp3) is 0.143. The van der Waals surface area contributed by atoms with Gasteiger partial charge in [0.2, 0.25) is 0 Å². The number of aromatic nitrogens is 1. The third kappa shape index (κ3) is 5.24. The zero-order valence-electron chi connectivity index (χ0n) is 15.0. The third-order valence-corrected chi connectivity index (χ3v) is 4.33. The normalized spacial score (nSPS) is 10.9. The molecule has 0 saturated heterocycles. The summed E-state index contributed by atoms with van der Waals surface area (Å²) in [7, 11) is 0. The van der Waals surface area contributed by atoms with Crippen molar-refractivity contribution in [1.82, 2.24) is 9.99 Å². The molecule has 0 bridgehead atoms. The second-order valence-corrected chi connectivity index (χ2v) is 6.43. The van der Waals surface area contributed by atoms with E-state index >= 15 is 0 Å².